The van der Waals surface area contributed by atoms with Gasteiger partial charge in [-0.3, -0.25) is 4.79 Å². The molecule has 22 heavy (non-hydrogen) atoms. The molecule has 0 bridgehead atoms. The first kappa shape index (κ1) is 16.0. The number of halogens is 1. The fourth-order valence-electron chi connectivity index (χ4n) is 2.18. The summed E-state index contributed by atoms with van der Waals surface area (Å²) in [6.45, 7) is 2.37. The van der Waals surface area contributed by atoms with Gasteiger partial charge in [-0.2, -0.15) is 0 Å². The van der Waals surface area contributed by atoms with Crippen LogP contribution in [-0.2, 0) is 17.8 Å². The molecule has 2 rings (SSSR count). The topological polar surface area (TPSA) is 29.5 Å². The van der Waals surface area contributed by atoms with Crippen LogP contribution in [0.3, 0.4) is 0 Å². The molecule has 0 aliphatic carbocycles. The van der Waals surface area contributed by atoms with Crippen LogP contribution < -0.4 is 4.74 Å². The highest BCUT2D eigenvalue weighted by Crippen LogP contribution is 2.18. The molecule has 0 unspecified atom stereocenters. The number of benzene rings is 2. The summed E-state index contributed by atoms with van der Waals surface area (Å²) >= 11 is 0. The Labute approximate surface area is 130 Å². The maximum Gasteiger partial charge on any atom is 0.260 e. The molecule has 0 saturated heterocycles. The van der Waals surface area contributed by atoms with Crippen molar-refractivity contribution in [3.63, 3.8) is 0 Å². The van der Waals surface area contributed by atoms with Crippen molar-refractivity contribution in [3.8, 4) is 5.75 Å². The molecule has 4 heteroatoms. The van der Waals surface area contributed by atoms with Crippen molar-refractivity contribution >= 4 is 5.91 Å². The Morgan fingerprint density at radius 3 is 2.68 bits per heavy atom. The summed E-state index contributed by atoms with van der Waals surface area (Å²) in [5, 5.41) is 0. The second kappa shape index (κ2) is 7.59. The van der Waals surface area contributed by atoms with Crippen molar-refractivity contribution in [2.45, 2.75) is 19.9 Å². The molecule has 0 spiro atoms. The summed E-state index contributed by atoms with van der Waals surface area (Å²) in [6.07, 6.45) is 0.851. The molecule has 0 aromatic heterocycles. The molecule has 2 aromatic rings. The van der Waals surface area contributed by atoms with Crippen molar-refractivity contribution in [3.05, 3.63) is 65.5 Å². The molecule has 0 N–H and O–H groups in total. The van der Waals surface area contributed by atoms with Gasteiger partial charge >= 0.3 is 0 Å². The van der Waals surface area contributed by atoms with E-state index >= 15 is 0 Å². The van der Waals surface area contributed by atoms with Gasteiger partial charge in [-0.1, -0.05) is 37.3 Å². The molecular formula is C18H20FNO2. The van der Waals surface area contributed by atoms with Crippen LogP contribution in [0, 0.1) is 5.82 Å². The first-order valence-corrected chi connectivity index (χ1v) is 7.29. The quantitative estimate of drug-likeness (QED) is 0.818. The highest BCUT2D eigenvalue weighted by atomic mass is 19.1. The van der Waals surface area contributed by atoms with Gasteiger partial charge in [0.2, 0.25) is 0 Å². The van der Waals surface area contributed by atoms with Crippen LogP contribution in [0.2, 0.25) is 0 Å². The predicted molar refractivity (Wildman–Crippen MR) is 84.2 cm³/mol. The fourth-order valence-corrected chi connectivity index (χ4v) is 2.18. The molecule has 0 aliphatic rings. The average molecular weight is 301 g/mol. The molecule has 0 aliphatic heterocycles. The van der Waals surface area contributed by atoms with E-state index in [1.165, 1.54) is 17.0 Å². The number of amides is 1. The molecule has 0 saturated carbocycles. The monoisotopic (exact) mass is 301 g/mol. The third kappa shape index (κ3) is 4.32. The van der Waals surface area contributed by atoms with Gasteiger partial charge in [0.1, 0.15) is 11.6 Å². The van der Waals surface area contributed by atoms with Crippen LogP contribution in [0.1, 0.15) is 18.1 Å². The summed E-state index contributed by atoms with van der Waals surface area (Å²) in [5.74, 6) is 0.291. The number of para-hydroxylation sites is 1. The lowest BCUT2D eigenvalue weighted by molar-refractivity contribution is -0.132. The molecule has 0 atom stereocenters. The smallest absolute Gasteiger partial charge is 0.260 e. The number of hydrogen-bond acceptors (Lipinski definition) is 2. The van der Waals surface area contributed by atoms with Crippen LogP contribution in [0.15, 0.2) is 48.5 Å². The van der Waals surface area contributed by atoms with Crippen LogP contribution in [-0.4, -0.2) is 24.5 Å². The van der Waals surface area contributed by atoms with E-state index in [0.717, 1.165) is 23.3 Å². The Morgan fingerprint density at radius 1 is 1.18 bits per heavy atom. The number of rotatable bonds is 6. The minimum atomic E-state index is -0.300. The zero-order valence-electron chi connectivity index (χ0n) is 12.9. The standard InChI is InChI=1S/C18H20FNO2/c1-3-15-8-4-5-10-17(15)22-13-18(21)20(2)12-14-7-6-9-16(19)11-14/h4-11H,3,12-13H2,1-2H3. The van der Waals surface area contributed by atoms with Crippen molar-refractivity contribution in [1.29, 1.82) is 0 Å². The number of carbonyl (C=O) groups excluding carboxylic acids is 1. The lowest BCUT2D eigenvalue weighted by Crippen LogP contribution is -2.31. The second-order valence-electron chi connectivity index (χ2n) is 5.13. The summed E-state index contributed by atoms with van der Waals surface area (Å²) in [5.41, 5.74) is 1.83. The van der Waals surface area contributed by atoms with Crippen LogP contribution >= 0.6 is 0 Å². The maximum absolute atomic E-state index is 13.1. The van der Waals surface area contributed by atoms with E-state index in [0.29, 0.717) is 6.54 Å². The molecule has 116 valence electrons. The summed E-state index contributed by atoms with van der Waals surface area (Å²) in [6, 6.07) is 13.9. The number of nitrogens with zero attached hydrogens (tertiary/aromatic N) is 1. The SMILES string of the molecule is CCc1ccccc1OCC(=O)N(C)Cc1cccc(F)c1. The van der Waals surface area contributed by atoms with E-state index < -0.39 is 0 Å². The molecule has 0 radical (unpaired) electrons. The summed E-state index contributed by atoms with van der Waals surface area (Å²) in [4.78, 5) is 13.6. The van der Waals surface area contributed by atoms with Gasteiger partial charge in [-0.05, 0) is 35.7 Å². The van der Waals surface area contributed by atoms with E-state index in [2.05, 4.69) is 0 Å². The van der Waals surface area contributed by atoms with Gasteiger partial charge in [0.15, 0.2) is 6.61 Å². The van der Waals surface area contributed by atoms with Crippen molar-refractivity contribution in [2.75, 3.05) is 13.7 Å². The first-order chi connectivity index (χ1) is 10.6. The molecule has 1 amide bonds. The molecule has 3 nitrogen and oxygen atoms in total. The highest BCUT2D eigenvalue weighted by molar-refractivity contribution is 5.77. The van der Waals surface area contributed by atoms with E-state index in [4.69, 9.17) is 4.74 Å². The van der Waals surface area contributed by atoms with Gasteiger partial charge in [0.05, 0.1) is 0 Å². The van der Waals surface area contributed by atoms with Crippen LogP contribution in [0.5, 0.6) is 5.75 Å². The van der Waals surface area contributed by atoms with Gasteiger partial charge in [0, 0.05) is 13.6 Å². The van der Waals surface area contributed by atoms with Gasteiger partial charge < -0.3 is 9.64 Å². The first-order valence-electron chi connectivity index (χ1n) is 7.29. The van der Waals surface area contributed by atoms with E-state index in [1.54, 1.807) is 19.2 Å². The van der Waals surface area contributed by atoms with E-state index in [1.807, 2.05) is 31.2 Å². The molecule has 2 aromatic carbocycles. The number of carbonyl (C=O) groups is 1. The minimum Gasteiger partial charge on any atom is -0.483 e. The van der Waals surface area contributed by atoms with Gasteiger partial charge in [-0.15, -0.1) is 0 Å². The van der Waals surface area contributed by atoms with Crippen molar-refractivity contribution in [2.24, 2.45) is 0 Å². The Bertz CT molecular complexity index is 642. The van der Waals surface area contributed by atoms with Gasteiger partial charge in [0.25, 0.3) is 5.91 Å². The Morgan fingerprint density at radius 2 is 1.95 bits per heavy atom. The number of ether oxygens (including phenoxy) is 1. The van der Waals surface area contributed by atoms with Crippen molar-refractivity contribution in [1.82, 2.24) is 4.90 Å². The fraction of sp³-hybridized carbons (Fsp3) is 0.278. The maximum atomic E-state index is 13.1. The van der Waals surface area contributed by atoms with E-state index in [-0.39, 0.29) is 18.3 Å². The van der Waals surface area contributed by atoms with Crippen LogP contribution in [0.25, 0.3) is 0 Å². The normalized spacial score (nSPS) is 10.3. The van der Waals surface area contributed by atoms with Crippen molar-refractivity contribution < 1.29 is 13.9 Å². The lowest BCUT2D eigenvalue weighted by atomic mass is 10.1. The second-order valence-corrected chi connectivity index (χ2v) is 5.13. The predicted octanol–water partition coefficient (Wildman–Crippen LogP) is 3.43. The highest BCUT2D eigenvalue weighted by Gasteiger charge is 2.11. The lowest BCUT2D eigenvalue weighted by Gasteiger charge is -2.18. The number of hydrogen-bond donors (Lipinski definition) is 0. The number of likely N-dealkylation sites (N-methyl/N-ethyl adjacent to an activating group) is 1. The average Bonchev–Trinajstić information content (AvgIpc) is 2.52. The van der Waals surface area contributed by atoms with Crippen LogP contribution in [0.4, 0.5) is 4.39 Å². The zero-order chi connectivity index (χ0) is 15.9. The molecule has 0 fully saturated rings. The third-order valence-corrected chi connectivity index (χ3v) is 3.44. The summed E-state index contributed by atoms with van der Waals surface area (Å²) in [7, 11) is 1.68. The zero-order valence-corrected chi connectivity index (χ0v) is 12.9. The Hall–Kier alpha value is -2.36. The third-order valence-electron chi connectivity index (χ3n) is 3.44. The Kier molecular flexibility index (Phi) is 5.53. The van der Waals surface area contributed by atoms with E-state index in [9.17, 15) is 9.18 Å². The van der Waals surface area contributed by atoms with Gasteiger partial charge in [-0.25, -0.2) is 4.39 Å². The molecule has 0 heterocycles. The largest absolute Gasteiger partial charge is 0.483 e. The summed E-state index contributed by atoms with van der Waals surface area (Å²) < 4.78 is 18.8. The molecular weight excluding hydrogens is 281 g/mol. The minimum absolute atomic E-state index is 0.0250. The Balaban J connectivity index is 1.91. The number of aryl methyl sites for hydroxylation is 1.